The molecular formula is C14H23NOS. The maximum atomic E-state index is 9.30. The van der Waals surface area contributed by atoms with Crippen molar-refractivity contribution in [2.75, 3.05) is 12.0 Å². The van der Waals surface area contributed by atoms with Crippen molar-refractivity contribution in [1.29, 1.82) is 0 Å². The molecular weight excluding hydrogens is 230 g/mol. The maximum absolute atomic E-state index is 9.30. The van der Waals surface area contributed by atoms with Gasteiger partial charge in [0, 0.05) is 17.8 Å². The Morgan fingerprint density at radius 2 is 1.82 bits per heavy atom. The normalized spacial score (nSPS) is 14.5. The van der Waals surface area contributed by atoms with E-state index in [1.54, 1.807) is 12.1 Å². The monoisotopic (exact) mass is 253 g/mol. The third-order valence-corrected chi connectivity index (χ3v) is 3.74. The Morgan fingerprint density at radius 3 is 2.29 bits per heavy atom. The summed E-state index contributed by atoms with van der Waals surface area (Å²) in [6.07, 6.45) is 4.36. The van der Waals surface area contributed by atoms with E-state index < -0.39 is 0 Å². The van der Waals surface area contributed by atoms with Crippen LogP contribution in [0.5, 0.6) is 5.75 Å². The minimum Gasteiger partial charge on any atom is -0.508 e. The van der Waals surface area contributed by atoms with Gasteiger partial charge >= 0.3 is 0 Å². The van der Waals surface area contributed by atoms with Crippen molar-refractivity contribution in [3.63, 3.8) is 0 Å². The van der Waals surface area contributed by atoms with Crippen LogP contribution in [-0.2, 0) is 0 Å². The van der Waals surface area contributed by atoms with Gasteiger partial charge in [0.05, 0.1) is 0 Å². The molecule has 0 saturated carbocycles. The smallest absolute Gasteiger partial charge is 0.115 e. The molecule has 2 atom stereocenters. The summed E-state index contributed by atoms with van der Waals surface area (Å²) in [5.74, 6) is 1.48. The van der Waals surface area contributed by atoms with Crippen LogP contribution in [0.25, 0.3) is 0 Å². The van der Waals surface area contributed by atoms with Gasteiger partial charge in [0.15, 0.2) is 0 Å². The van der Waals surface area contributed by atoms with E-state index in [1.165, 1.54) is 5.56 Å². The van der Waals surface area contributed by atoms with Gasteiger partial charge in [0.25, 0.3) is 0 Å². The van der Waals surface area contributed by atoms with Crippen molar-refractivity contribution < 1.29 is 5.11 Å². The first-order chi connectivity index (χ1) is 8.21. The Kier molecular flexibility index (Phi) is 6.45. The molecule has 3 heteroatoms. The minimum atomic E-state index is 0.333. The number of phenolic OH excluding ortho intramolecular Hbond substituents is 1. The SMILES string of the molecule is CCC(CSC)NC(CC)c1ccc(O)cc1. The molecule has 0 spiro atoms. The molecule has 0 amide bonds. The van der Waals surface area contributed by atoms with Crippen molar-refractivity contribution in [2.24, 2.45) is 0 Å². The molecule has 0 bridgehead atoms. The first kappa shape index (κ1) is 14.4. The fraction of sp³-hybridized carbons (Fsp3) is 0.571. The van der Waals surface area contributed by atoms with Crippen LogP contribution in [-0.4, -0.2) is 23.2 Å². The highest BCUT2D eigenvalue weighted by molar-refractivity contribution is 7.98. The van der Waals surface area contributed by atoms with Gasteiger partial charge in [-0.3, -0.25) is 0 Å². The fourth-order valence-corrected chi connectivity index (χ4v) is 2.66. The molecule has 0 radical (unpaired) electrons. The van der Waals surface area contributed by atoms with Crippen LogP contribution >= 0.6 is 11.8 Å². The van der Waals surface area contributed by atoms with Gasteiger partial charge in [-0.1, -0.05) is 26.0 Å². The highest BCUT2D eigenvalue weighted by atomic mass is 32.2. The average molecular weight is 253 g/mol. The highest BCUT2D eigenvalue weighted by Crippen LogP contribution is 2.21. The third-order valence-electron chi connectivity index (χ3n) is 3.00. The molecule has 1 aromatic rings. The zero-order valence-electron chi connectivity index (χ0n) is 10.9. The largest absolute Gasteiger partial charge is 0.508 e. The lowest BCUT2D eigenvalue weighted by atomic mass is 10.0. The Labute approximate surface area is 109 Å². The second-order valence-corrected chi connectivity index (χ2v) is 5.19. The number of aromatic hydroxyl groups is 1. The Bertz CT molecular complexity index is 313. The molecule has 2 unspecified atom stereocenters. The summed E-state index contributed by atoms with van der Waals surface area (Å²) >= 11 is 1.88. The number of hydrogen-bond acceptors (Lipinski definition) is 3. The van der Waals surface area contributed by atoms with Crippen LogP contribution in [0.3, 0.4) is 0 Å². The second kappa shape index (κ2) is 7.62. The van der Waals surface area contributed by atoms with E-state index in [9.17, 15) is 5.11 Å². The summed E-state index contributed by atoms with van der Waals surface area (Å²) in [6.45, 7) is 4.41. The van der Waals surface area contributed by atoms with Gasteiger partial charge in [-0.15, -0.1) is 0 Å². The molecule has 0 aliphatic heterocycles. The molecule has 1 aromatic carbocycles. The highest BCUT2D eigenvalue weighted by Gasteiger charge is 2.13. The van der Waals surface area contributed by atoms with Crippen LogP contribution in [0.2, 0.25) is 0 Å². The molecule has 0 aliphatic rings. The Morgan fingerprint density at radius 1 is 1.18 bits per heavy atom. The summed E-state index contributed by atoms with van der Waals surface area (Å²) in [5.41, 5.74) is 1.25. The van der Waals surface area contributed by atoms with E-state index in [-0.39, 0.29) is 0 Å². The van der Waals surface area contributed by atoms with E-state index in [1.807, 2.05) is 23.9 Å². The van der Waals surface area contributed by atoms with Crippen molar-refractivity contribution in [2.45, 2.75) is 38.8 Å². The predicted octanol–water partition coefficient (Wildman–Crippen LogP) is 3.57. The summed E-state index contributed by atoms with van der Waals surface area (Å²) in [5, 5.41) is 13.0. The third kappa shape index (κ3) is 4.60. The molecule has 96 valence electrons. The summed E-state index contributed by atoms with van der Waals surface area (Å²) in [4.78, 5) is 0. The molecule has 1 rings (SSSR count). The summed E-state index contributed by atoms with van der Waals surface area (Å²) < 4.78 is 0. The molecule has 2 N–H and O–H groups in total. The van der Waals surface area contributed by atoms with Crippen LogP contribution in [0.15, 0.2) is 24.3 Å². The van der Waals surface area contributed by atoms with Gasteiger partial charge in [-0.05, 0) is 36.8 Å². The number of thioether (sulfide) groups is 1. The van der Waals surface area contributed by atoms with Crippen LogP contribution in [0, 0.1) is 0 Å². The number of nitrogens with one attached hydrogen (secondary N) is 1. The standard InChI is InChI=1S/C14H23NOS/c1-4-12(10-17-3)15-14(5-2)11-6-8-13(16)9-7-11/h6-9,12,14-16H,4-5,10H2,1-3H3. The second-order valence-electron chi connectivity index (χ2n) is 4.28. The predicted molar refractivity (Wildman–Crippen MR) is 76.7 cm³/mol. The molecule has 2 nitrogen and oxygen atoms in total. The minimum absolute atomic E-state index is 0.333. The molecule has 0 fully saturated rings. The Balaban J connectivity index is 2.67. The molecule has 17 heavy (non-hydrogen) atoms. The number of hydrogen-bond donors (Lipinski definition) is 2. The van der Waals surface area contributed by atoms with E-state index >= 15 is 0 Å². The first-order valence-corrected chi connectivity index (χ1v) is 7.64. The summed E-state index contributed by atoms with van der Waals surface area (Å²) in [6, 6.07) is 8.46. The lowest BCUT2D eigenvalue weighted by molar-refractivity contribution is 0.440. The lowest BCUT2D eigenvalue weighted by Gasteiger charge is -2.24. The van der Waals surface area contributed by atoms with Gasteiger partial charge < -0.3 is 10.4 Å². The van der Waals surface area contributed by atoms with E-state index in [2.05, 4.69) is 25.4 Å². The first-order valence-electron chi connectivity index (χ1n) is 6.25. The van der Waals surface area contributed by atoms with Crippen molar-refractivity contribution in [3.05, 3.63) is 29.8 Å². The van der Waals surface area contributed by atoms with E-state index in [0.717, 1.165) is 18.6 Å². The van der Waals surface area contributed by atoms with E-state index in [4.69, 9.17) is 0 Å². The number of rotatable bonds is 7. The van der Waals surface area contributed by atoms with Crippen LogP contribution in [0.4, 0.5) is 0 Å². The molecule has 0 heterocycles. The quantitative estimate of drug-likeness (QED) is 0.779. The summed E-state index contributed by atoms with van der Waals surface area (Å²) in [7, 11) is 0. The topological polar surface area (TPSA) is 32.3 Å². The number of benzene rings is 1. The van der Waals surface area contributed by atoms with Gasteiger partial charge in [0.2, 0.25) is 0 Å². The molecule has 0 aromatic heterocycles. The zero-order chi connectivity index (χ0) is 12.7. The maximum Gasteiger partial charge on any atom is 0.115 e. The van der Waals surface area contributed by atoms with Gasteiger partial charge in [-0.2, -0.15) is 11.8 Å². The molecule has 0 saturated heterocycles. The Hall–Kier alpha value is -0.670. The van der Waals surface area contributed by atoms with E-state index in [0.29, 0.717) is 17.8 Å². The van der Waals surface area contributed by atoms with Crippen molar-refractivity contribution in [1.82, 2.24) is 5.32 Å². The van der Waals surface area contributed by atoms with Crippen LogP contribution < -0.4 is 5.32 Å². The van der Waals surface area contributed by atoms with Gasteiger partial charge in [0.1, 0.15) is 5.75 Å². The molecule has 0 aliphatic carbocycles. The lowest BCUT2D eigenvalue weighted by Crippen LogP contribution is -2.34. The number of phenols is 1. The average Bonchev–Trinajstić information content (AvgIpc) is 2.36. The van der Waals surface area contributed by atoms with Crippen LogP contribution in [0.1, 0.15) is 38.3 Å². The van der Waals surface area contributed by atoms with Crippen molar-refractivity contribution in [3.8, 4) is 5.75 Å². The fourth-order valence-electron chi connectivity index (χ4n) is 1.93. The van der Waals surface area contributed by atoms with Crippen molar-refractivity contribution >= 4 is 11.8 Å². The van der Waals surface area contributed by atoms with Gasteiger partial charge in [-0.25, -0.2) is 0 Å². The zero-order valence-corrected chi connectivity index (χ0v) is 11.8.